The van der Waals surface area contributed by atoms with E-state index in [2.05, 4.69) is 0 Å². The molecule has 0 bridgehead atoms. The van der Waals surface area contributed by atoms with Gasteiger partial charge in [-0.2, -0.15) is 0 Å². The van der Waals surface area contributed by atoms with E-state index in [1.165, 1.54) is 12.1 Å². The summed E-state index contributed by atoms with van der Waals surface area (Å²) >= 11 is 1.03. The number of carbonyl (C=O) groups excluding carboxylic acids is 2. The van der Waals surface area contributed by atoms with Gasteiger partial charge < -0.3 is 5.11 Å². The minimum Gasteiger partial charge on any atom is -0.508 e. The topological polar surface area (TPSA) is 54.4 Å². The van der Waals surface area contributed by atoms with Crippen LogP contribution in [-0.2, 0) is 0 Å². The van der Waals surface area contributed by atoms with Crippen LogP contribution in [0.5, 0.6) is 5.75 Å². The van der Waals surface area contributed by atoms with Gasteiger partial charge >= 0.3 is 0 Å². The van der Waals surface area contributed by atoms with E-state index >= 15 is 0 Å². The van der Waals surface area contributed by atoms with Gasteiger partial charge in [0.1, 0.15) is 5.75 Å². The molecule has 0 heterocycles. The molecule has 0 radical (unpaired) electrons. The summed E-state index contributed by atoms with van der Waals surface area (Å²) in [4.78, 5) is 23.6. The molecule has 0 aliphatic heterocycles. The molecular formula is C14H10O3S. The molecule has 2 aromatic rings. The molecule has 0 amide bonds. The Balaban J connectivity index is 2.22. The molecule has 2 aromatic carbocycles. The molecule has 0 aliphatic rings. The second kappa shape index (κ2) is 5.51. The van der Waals surface area contributed by atoms with Gasteiger partial charge in [-0.1, -0.05) is 18.2 Å². The maximum atomic E-state index is 12.0. The third-order valence-corrected chi connectivity index (χ3v) is 3.27. The first-order valence-corrected chi connectivity index (χ1v) is 6.08. The van der Waals surface area contributed by atoms with E-state index in [4.69, 9.17) is 5.11 Å². The summed E-state index contributed by atoms with van der Waals surface area (Å²) in [6, 6.07) is 13.0. The summed E-state index contributed by atoms with van der Waals surface area (Å²) in [7, 11) is 0. The molecule has 0 saturated carbocycles. The molecule has 1 N–H and O–H groups in total. The van der Waals surface area contributed by atoms with Crippen molar-refractivity contribution >= 4 is 23.2 Å². The van der Waals surface area contributed by atoms with Crippen molar-refractivity contribution in [3.8, 4) is 5.75 Å². The molecular weight excluding hydrogens is 248 g/mol. The van der Waals surface area contributed by atoms with Gasteiger partial charge in [-0.25, -0.2) is 0 Å². The molecule has 18 heavy (non-hydrogen) atoms. The minimum absolute atomic E-state index is 0.153. The Hall–Kier alpha value is -2.07. The maximum absolute atomic E-state index is 12.0. The molecule has 4 heteroatoms. The van der Waals surface area contributed by atoms with Crippen molar-refractivity contribution < 1.29 is 14.7 Å². The monoisotopic (exact) mass is 258 g/mol. The second-order valence-corrected chi connectivity index (χ2v) is 4.63. The quantitative estimate of drug-likeness (QED) is 0.678. The summed E-state index contributed by atoms with van der Waals surface area (Å²) in [6.45, 7) is 0. The normalized spacial score (nSPS) is 10.0. The van der Waals surface area contributed by atoms with E-state index in [0.717, 1.165) is 16.7 Å². The van der Waals surface area contributed by atoms with E-state index < -0.39 is 0 Å². The van der Waals surface area contributed by atoms with Crippen LogP contribution in [0.2, 0.25) is 0 Å². The van der Waals surface area contributed by atoms with Gasteiger partial charge in [0.25, 0.3) is 0 Å². The number of hydrogen-bond acceptors (Lipinski definition) is 4. The minimum atomic E-state index is -0.191. The van der Waals surface area contributed by atoms with Crippen LogP contribution in [0, 0.1) is 0 Å². The fourth-order valence-corrected chi connectivity index (χ4v) is 2.24. The van der Waals surface area contributed by atoms with Crippen LogP contribution in [0.15, 0.2) is 53.4 Å². The van der Waals surface area contributed by atoms with Gasteiger partial charge in [0.2, 0.25) is 5.12 Å². The Morgan fingerprint density at radius 1 is 1.06 bits per heavy atom. The van der Waals surface area contributed by atoms with E-state index in [-0.39, 0.29) is 10.9 Å². The smallest absolute Gasteiger partial charge is 0.224 e. The van der Waals surface area contributed by atoms with Crippen molar-refractivity contribution in [1.29, 1.82) is 0 Å². The number of carbonyl (C=O) groups is 2. The molecule has 0 unspecified atom stereocenters. The average Bonchev–Trinajstić information content (AvgIpc) is 2.41. The predicted molar refractivity (Wildman–Crippen MR) is 70.1 cm³/mol. The average molecular weight is 258 g/mol. The van der Waals surface area contributed by atoms with Crippen LogP contribution in [0.3, 0.4) is 0 Å². The number of rotatable bonds is 3. The first-order chi connectivity index (χ1) is 8.70. The fraction of sp³-hybridized carbons (Fsp3) is 0. The number of phenols is 1. The molecule has 0 atom stereocenters. The lowest BCUT2D eigenvalue weighted by atomic mass is 10.1. The van der Waals surface area contributed by atoms with Crippen LogP contribution >= 0.6 is 11.8 Å². The molecule has 0 aliphatic carbocycles. The Labute approximate surface area is 108 Å². The maximum Gasteiger partial charge on any atom is 0.224 e. The first-order valence-electron chi connectivity index (χ1n) is 5.26. The third kappa shape index (κ3) is 2.78. The molecule has 0 spiro atoms. The Morgan fingerprint density at radius 2 is 1.72 bits per heavy atom. The SMILES string of the molecule is O=Cc1ccccc1C(=O)Sc1ccc(O)cc1. The lowest BCUT2D eigenvalue weighted by molar-refractivity contribution is 0.107. The highest BCUT2D eigenvalue weighted by molar-refractivity contribution is 8.14. The number of phenolic OH excluding ortho intramolecular Hbond substituents is 1. The van der Waals surface area contributed by atoms with E-state index in [1.807, 2.05) is 0 Å². The van der Waals surface area contributed by atoms with Crippen molar-refractivity contribution in [2.45, 2.75) is 4.90 Å². The molecule has 3 nitrogen and oxygen atoms in total. The van der Waals surface area contributed by atoms with Gasteiger partial charge in [-0.05, 0) is 42.1 Å². The Bertz CT molecular complexity index is 576. The van der Waals surface area contributed by atoms with Crippen LogP contribution in [-0.4, -0.2) is 16.5 Å². The lowest BCUT2D eigenvalue weighted by Crippen LogP contribution is -1.98. The van der Waals surface area contributed by atoms with Crippen LogP contribution < -0.4 is 0 Å². The van der Waals surface area contributed by atoms with E-state index in [1.54, 1.807) is 36.4 Å². The number of hydrogen-bond donors (Lipinski definition) is 1. The summed E-state index contributed by atoms with van der Waals surface area (Å²) in [5.41, 5.74) is 0.777. The summed E-state index contributed by atoms with van der Waals surface area (Å²) in [6.07, 6.45) is 0.671. The van der Waals surface area contributed by atoms with Crippen LogP contribution in [0.25, 0.3) is 0 Å². The first kappa shape index (κ1) is 12.4. The zero-order chi connectivity index (χ0) is 13.0. The summed E-state index contributed by atoms with van der Waals surface area (Å²) in [5.74, 6) is 0.153. The van der Waals surface area contributed by atoms with Crippen molar-refractivity contribution in [1.82, 2.24) is 0 Å². The Kier molecular flexibility index (Phi) is 3.79. The van der Waals surface area contributed by atoms with Gasteiger partial charge in [0, 0.05) is 16.0 Å². The van der Waals surface area contributed by atoms with Gasteiger partial charge in [-0.3, -0.25) is 9.59 Å². The number of aldehydes is 1. The third-order valence-electron chi connectivity index (χ3n) is 2.35. The highest BCUT2D eigenvalue weighted by atomic mass is 32.2. The van der Waals surface area contributed by atoms with Crippen molar-refractivity contribution in [3.63, 3.8) is 0 Å². The lowest BCUT2D eigenvalue weighted by Gasteiger charge is -2.03. The number of thioether (sulfide) groups is 1. The van der Waals surface area contributed by atoms with Crippen molar-refractivity contribution in [2.24, 2.45) is 0 Å². The largest absolute Gasteiger partial charge is 0.508 e. The summed E-state index contributed by atoms with van der Waals surface area (Å²) < 4.78 is 0. The zero-order valence-electron chi connectivity index (χ0n) is 9.37. The van der Waals surface area contributed by atoms with Gasteiger partial charge in [0.05, 0.1) is 0 Å². The van der Waals surface area contributed by atoms with Gasteiger partial charge in [-0.15, -0.1) is 0 Å². The van der Waals surface area contributed by atoms with Crippen LogP contribution in [0.4, 0.5) is 0 Å². The highest BCUT2D eigenvalue weighted by Crippen LogP contribution is 2.25. The highest BCUT2D eigenvalue weighted by Gasteiger charge is 2.11. The standard InChI is InChI=1S/C14H10O3S/c15-9-10-3-1-2-4-13(10)14(17)18-12-7-5-11(16)6-8-12/h1-9,16H. The number of aromatic hydroxyl groups is 1. The molecule has 0 saturated heterocycles. The van der Waals surface area contributed by atoms with Crippen LogP contribution in [0.1, 0.15) is 20.7 Å². The van der Waals surface area contributed by atoms with Crippen molar-refractivity contribution in [3.05, 3.63) is 59.7 Å². The second-order valence-electron chi connectivity index (χ2n) is 3.59. The van der Waals surface area contributed by atoms with Crippen molar-refractivity contribution in [2.75, 3.05) is 0 Å². The molecule has 90 valence electrons. The number of benzene rings is 2. The van der Waals surface area contributed by atoms with Gasteiger partial charge in [0.15, 0.2) is 6.29 Å². The van der Waals surface area contributed by atoms with E-state index in [9.17, 15) is 9.59 Å². The molecule has 0 aromatic heterocycles. The van der Waals surface area contributed by atoms with E-state index in [0.29, 0.717) is 17.4 Å². The zero-order valence-corrected chi connectivity index (χ0v) is 10.2. The molecule has 0 fully saturated rings. The Morgan fingerprint density at radius 3 is 2.39 bits per heavy atom. The molecule has 2 rings (SSSR count). The fourth-order valence-electron chi connectivity index (χ4n) is 1.46. The predicted octanol–water partition coefficient (Wildman–Crippen LogP) is 3.14. The summed E-state index contributed by atoms with van der Waals surface area (Å²) in [5, 5.41) is 8.96.